The average molecular weight is 338 g/mol. The van der Waals surface area contributed by atoms with E-state index in [1.165, 1.54) is 0 Å². The van der Waals surface area contributed by atoms with Crippen molar-refractivity contribution < 1.29 is 9.15 Å². The lowest BCUT2D eigenvalue weighted by Gasteiger charge is -2.17. The van der Waals surface area contributed by atoms with Crippen LogP contribution in [0.4, 0.5) is 0 Å². The number of para-hydroxylation sites is 1. The Hall–Kier alpha value is -1.26. The van der Waals surface area contributed by atoms with Gasteiger partial charge in [-0.15, -0.1) is 0 Å². The third-order valence-corrected chi connectivity index (χ3v) is 3.68. The fraction of sp³-hybridized carbons (Fsp3) is 0.375. The first-order valence-corrected chi connectivity index (χ1v) is 7.74. The maximum atomic E-state index is 5.76. The first-order valence-electron chi connectivity index (χ1n) is 6.95. The molecule has 0 aliphatic heterocycles. The van der Waals surface area contributed by atoms with Gasteiger partial charge in [-0.2, -0.15) is 0 Å². The number of furan rings is 1. The molecule has 1 aromatic carbocycles. The van der Waals surface area contributed by atoms with Crippen LogP contribution in [0.25, 0.3) is 0 Å². The summed E-state index contributed by atoms with van der Waals surface area (Å²) in [6, 6.07) is 12.0. The van der Waals surface area contributed by atoms with Crippen LogP contribution in [0.2, 0.25) is 0 Å². The van der Waals surface area contributed by atoms with Crippen LogP contribution in [-0.4, -0.2) is 13.2 Å². The SMILES string of the molecule is CCCNC(CCOc1ccccc1)c1occc1Br. The number of nitrogens with one attached hydrogen (secondary N) is 1. The highest BCUT2D eigenvalue weighted by molar-refractivity contribution is 9.10. The van der Waals surface area contributed by atoms with Gasteiger partial charge >= 0.3 is 0 Å². The van der Waals surface area contributed by atoms with Gasteiger partial charge in [0.2, 0.25) is 0 Å². The average Bonchev–Trinajstić information content (AvgIpc) is 2.90. The monoisotopic (exact) mass is 337 g/mol. The second-order valence-electron chi connectivity index (χ2n) is 4.59. The third-order valence-electron chi connectivity index (χ3n) is 3.02. The Morgan fingerprint density at radius 2 is 2.05 bits per heavy atom. The topological polar surface area (TPSA) is 34.4 Å². The molecule has 1 N–H and O–H groups in total. The van der Waals surface area contributed by atoms with E-state index in [0.29, 0.717) is 6.61 Å². The molecule has 108 valence electrons. The highest BCUT2D eigenvalue weighted by atomic mass is 79.9. The second kappa shape index (κ2) is 8.12. The van der Waals surface area contributed by atoms with Gasteiger partial charge in [0.15, 0.2) is 0 Å². The van der Waals surface area contributed by atoms with Crippen LogP contribution in [0.3, 0.4) is 0 Å². The van der Waals surface area contributed by atoms with E-state index in [0.717, 1.165) is 35.4 Å². The smallest absolute Gasteiger partial charge is 0.134 e. The highest BCUT2D eigenvalue weighted by Gasteiger charge is 2.17. The van der Waals surface area contributed by atoms with E-state index in [1.54, 1.807) is 6.26 Å². The Bertz CT molecular complexity index is 498. The molecular weight excluding hydrogens is 318 g/mol. The Morgan fingerprint density at radius 3 is 2.70 bits per heavy atom. The predicted octanol–water partition coefficient (Wildman–Crippen LogP) is 4.55. The maximum absolute atomic E-state index is 5.76. The Morgan fingerprint density at radius 1 is 1.25 bits per heavy atom. The van der Waals surface area contributed by atoms with Crippen LogP contribution in [0.15, 0.2) is 51.6 Å². The van der Waals surface area contributed by atoms with Crippen molar-refractivity contribution in [3.8, 4) is 5.75 Å². The summed E-state index contributed by atoms with van der Waals surface area (Å²) in [5.74, 6) is 1.84. The van der Waals surface area contributed by atoms with Crippen molar-refractivity contribution in [2.75, 3.05) is 13.2 Å². The van der Waals surface area contributed by atoms with Crippen molar-refractivity contribution >= 4 is 15.9 Å². The van der Waals surface area contributed by atoms with Gasteiger partial charge in [-0.05, 0) is 47.1 Å². The molecule has 2 aromatic rings. The Balaban J connectivity index is 1.89. The third kappa shape index (κ3) is 4.39. The van der Waals surface area contributed by atoms with E-state index in [2.05, 4.69) is 28.2 Å². The van der Waals surface area contributed by atoms with E-state index < -0.39 is 0 Å². The molecule has 4 heteroatoms. The number of rotatable bonds is 8. The summed E-state index contributed by atoms with van der Waals surface area (Å²) >= 11 is 3.52. The van der Waals surface area contributed by atoms with Crippen molar-refractivity contribution in [1.29, 1.82) is 0 Å². The number of benzene rings is 1. The molecule has 1 unspecified atom stereocenters. The van der Waals surface area contributed by atoms with Gasteiger partial charge in [0.1, 0.15) is 11.5 Å². The first kappa shape index (κ1) is 15.1. The van der Waals surface area contributed by atoms with E-state index >= 15 is 0 Å². The van der Waals surface area contributed by atoms with Crippen LogP contribution in [0, 0.1) is 0 Å². The quantitative estimate of drug-likeness (QED) is 0.767. The fourth-order valence-corrected chi connectivity index (χ4v) is 2.49. The Labute approximate surface area is 128 Å². The molecule has 1 aromatic heterocycles. The van der Waals surface area contributed by atoms with Gasteiger partial charge in [-0.1, -0.05) is 25.1 Å². The van der Waals surface area contributed by atoms with E-state index in [1.807, 2.05) is 36.4 Å². The van der Waals surface area contributed by atoms with E-state index in [4.69, 9.17) is 9.15 Å². The molecular formula is C16H20BrNO2. The summed E-state index contributed by atoms with van der Waals surface area (Å²) in [6.45, 7) is 3.77. The van der Waals surface area contributed by atoms with Gasteiger partial charge < -0.3 is 14.5 Å². The second-order valence-corrected chi connectivity index (χ2v) is 5.44. The zero-order chi connectivity index (χ0) is 14.2. The summed E-state index contributed by atoms with van der Waals surface area (Å²) in [5.41, 5.74) is 0. The van der Waals surface area contributed by atoms with Crippen molar-refractivity contribution in [2.45, 2.75) is 25.8 Å². The summed E-state index contributed by atoms with van der Waals surface area (Å²) < 4.78 is 12.3. The number of hydrogen-bond acceptors (Lipinski definition) is 3. The molecule has 3 nitrogen and oxygen atoms in total. The molecule has 0 spiro atoms. The molecule has 20 heavy (non-hydrogen) atoms. The zero-order valence-corrected chi connectivity index (χ0v) is 13.2. The predicted molar refractivity (Wildman–Crippen MR) is 84.0 cm³/mol. The minimum Gasteiger partial charge on any atom is -0.494 e. The van der Waals surface area contributed by atoms with Crippen molar-refractivity contribution in [3.05, 3.63) is 52.9 Å². The summed E-state index contributed by atoms with van der Waals surface area (Å²) in [6.07, 6.45) is 3.66. The van der Waals surface area contributed by atoms with Crippen molar-refractivity contribution in [2.24, 2.45) is 0 Å². The molecule has 0 bridgehead atoms. The normalized spacial score (nSPS) is 12.3. The summed E-state index contributed by atoms with van der Waals surface area (Å²) in [5, 5.41) is 3.50. The van der Waals surface area contributed by atoms with Gasteiger partial charge in [-0.3, -0.25) is 0 Å². The molecule has 0 fully saturated rings. The minimum absolute atomic E-state index is 0.169. The van der Waals surface area contributed by atoms with Crippen LogP contribution in [0.1, 0.15) is 31.6 Å². The molecule has 0 amide bonds. The summed E-state index contributed by atoms with van der Waals surface area (Å²) in [7, 11) is 0. The number of ether oxygens (including phenoxy) is 1. The van der Waals surface area contributed by atoms with Gasteiger partial charge in [0, 0.05) is 6.42 Å². The van der Waals surface area contributed by atoms with Crippen molar-refractivity contribution in [3.63, 3.8) is 0 Å². The first-order chi connectivity index (χ1) is 9.81. The molecule has 0 radical (unpaired) electrons. The van der Waals surface area contributed by atoms with Crippen molar-refractivity contribution in [1.82, 2.24) is 5.32 Å². The van der Waals surface area contributed by atoms with Crippen LogP contribution in [0.5, 0.6) is 5.75 Å². The van der Waals surface area contributed by atoms with Gasteiger partial charge in [-0.25, -0.2) is 0 Å². The molecule has 0 saturated heterocycles. The lowest BCUT2D eigenvalue weighted by Crippen LogP contribution is -2.24. The molecule has 0 saturated carbocycles. The lowest BCUT2D eigenvalue weighted by atomic mass is 10.1. The van der Waals surface area contributed by atoms with Crippen LogP contribution in [-0.2, 0) is 0 Å². The molecule has 0 aliphatic rings. The molecule has 1 atom stereocenters. The lowest BCUT2D eigenvalue weighted by molar-refractivity contribution is 0.273. The van der Waals surface area contributed by atoms with Crippen LogP contribution >= 0.6 is 15.9 Å². The minimum atomic E-state index is 0.169. The molecule has 2 rings (SSSR count). The largest absolute Gasteiger partial charge is 0.494 e. The zero-order valence-electron chi connectivity index (χ0n) is 11.6. The number of hydrogen-bond donors (Lipinski definition) is 1. The van der Waals surface area contributed by atoms with Gasteiger partial charge in [0.25, 0.3) is 0 Å². The standard InChI is InChI=1S/C16H20BrNO2/c1-2-10-18-15(16-14(17)8-11-20-16)9-12-19-13-6-4-3-5-7-13/h3-8,11,15,18H,2,9-10,12H2,1H3. The number of halogens is 1. The highest BCUT2D eigenvalue weighted by Crippen LogP contribution is 2.27. The maximum Gasteiger partial charge on any atom is 0.134 e. The Kier molecular flexibility index (Phi) is 6.15. The van der Waals surface area contributed by atoms with E-state index in [9.17, 15) is 0 Å². The summed E-state index contributed by atoms with van der Waals surface area (Å²) in [4.78, 5) is 0. The fourth-order valence-electron chi connectivity index (χ4n) is 2.01. The van der Waals surface area contributed by atoms with E-state index in [-0.39, 0.29) is 6.04 Å². The van der Waals surface area contributed by atoms with Gasteiger partial charge in [0.05, 0.1) is 23.4 Å². The molecule has 1 heterocycles. The van der Waals surface area contributed by atoms with Crippen LogP contribution < -0.4 is 10.1 Å². The molecule has 0 aliphatic carbocycles.